The number of aliphatic hydroxyl groups excluding tert-OH is 1. The minimum Gasteiger partial charge on any atom is -0.497 e. The van der Waals surface area contributed by atoms with Crippen molar-refractivity contribution in [2.75, 3.05) is 25.6 Å². The van der Waals surface area contributed by atoms with E-state index >= 15 is 0 Å². The van der Waals surface area contributed by atoms with Crippen LogP contribution in [0.4, 0.5) is 16.3 Å². The topological polar surface area (TPSA) is 164 Å². The molecule has 2 N–H and O–H groups in total. The third-order valence-corrected chi connectivity index (χ3v) is 8.67. The van der Waals surface area contributed by atoms with Crippen molar-refractivity contribution < 1.29 is 33.8 Å². The molecule has 6 rings (SSSR count). The summed E-state index contributed by atoms with van der Waals surface area (Å²) in [5.41, 5.74) is 1.55. The highest BCUT2D eigenvalue weighted by Gasteiger charge is 2.42. The molecule has 1 saturated heterocycles. The molecule has 1 amide bonds. The first kappa shape index (κ1) is 35.0. The van der Waals surface area contributed by atoms with E-state index in [9.17, 15) is 24.8 Å². The summed E-state index contributed by atoms with van der Waals surface area (Å²) in [7, 11) is 1.61. The number of rotatable bonds is 13. The number of aliphatic hydroxyl groups is 1. The summed E-state index contributed by atoms with van der Waals surface area (Å²) in [6.45, 7) is -0.00666. The van der Waals surface area contributed by atoms with E-state index in [1.165, 1.54) is 29.0 Å². The van der Waals surface area contributed by atoms with Crippen LogP contribution in [0, 0.1) is 10.1 Å². The maximum atomic E-state index is 13.0. The zero-order valence-corrected chi connectivity index (χ0v) is 27.7. The van der Waals surface area contributed by atoms with E-state index in [0.29, 0.717) is 12.2 Å². The second-order valence-electron chi connectivity index (χ2n) is 11.8. The van der Waals surface area contributed by atoms with Crippen molar-refractivity contribution in [2.24, 2.45) is 0 Å². The van der Waals surface area contributed by atoms with Crippen LogP contribution in [0.2, 0.25) is 0 Å². The number of methoxy groups -OCH3 is 1. The number of nitro benzene ring substituents is 1. The molecule has 0 unspecified atom stereocenters. The van der Waals surface area contributed by atoms with Crippen LogP contribution in [0.1, 0.15) is 34.9 Å². The molecular weight excluding hydrogens is 656 g/mol. The Labute approximate surface area is 293 Å². The smallest absolute Gasteiger partial charge is 0.412 e. The van der Waals surface area contributed by atoms with E-state index in [-0.39, 0.29) is 31.1 Å². The predicted octanol–water partition coefficient (Wildman–Crippen LogP) is 5.61. The lowest BCUT2D eigenvalue weighted by molar-refractivity contribution is -0.384. The molecule has 0 saturated carbocycles. The number of carbonyl (C=O) groups excluding carboxylic acids is 1. The Kier molecular flexibility index (Phi) is 10.8. The highest BCUT2D eigenvalue weighted by molar-refractivity contribution is 5.83. The van der Waals surface area contributed by atoms with Crippen molar-refractivity contribution in [3.63, 3.8) is 0 Å². The Bertz CT molecular complexity index is 1950. The van der Waals surface area contributed by atoms with Gasteiger partial charge in [0.05, 0.1) is 31.4 Å². The first-order valence-corrected chi connectivity index (χ1v) is 16.3. The highest BCUT2D eigenvalue weighted by atomic mass is 16.6. The van der Waals surface area contributed by atoms with E-state index in [0.717, 1.165) is 22.3 Å². The third-order valence-electron chi connectivity index (χ3n) is 8.67. The molecule has 0 spiro atoms. The normalized spacial score (nSPS) is 17.1. The minimum atomic E-state index is -1.07. The average Bonchev–Trinajstić information content (AvgIpc) is 3.52. The average molecular weight is 693 g/mol. The predicted molar refractivity (Wildman–Crippen MR) is 187 cm³/mol. The fourth-order valence-electron chi connectivity index (χ4n) is 6.05. The van der Waals surface area contributed by atoms with E-state index < -0.39 is 40.7 Å². The molecule has 13 nitrogen and oxygen atoms in total. The summed E-state index contributed by atoms with van der Waals surface area (Å²) < 4.78 is 24.9. The molecule has 0 bridgehead atoms. The summed E-state index contributed by atoms with van der Waals surface area (Å²) in [4.78, 5) is 39.6. The van der Waals surface area contributed by atoms with E-state index in [1.807, 2.05) is 84.9 Å². The van der Waals surface area contributed by atoms with Gasteiger partial charge in [0.2, 0.25) is 0 Å². The molecule has 0 aliphatic carbocycles. The number of ether oxygens (including phenoxy) is 4. The third kappa shape index (κ3) is 7.96. The van der Waals surface area contributed by atoms with Gasteiger partial charge in [-0.1, -0.05) is 84.9 Å². The van der Waals surface area contributed by atoms with Crippen LogP contribution in [0.3, 0.4) is 0 Å². The fraction of sp³-hybridized carbons (Fsp3) is 0.237. The van der Waals surface area contributed by atoms with Crippen molar-refractivity contribution in [3.05, 3.63) is 164 Å². The maximum absolute atomic E-state index is 13.0. The van der Waals surface area contributed by atoms with Gasteiger partial charge in [-0.3, -0.25) is 20.0 Å². The SMILES string of the molecule is COc1ccc(C(OC[C@H]2O[C@@H](n3ccc(NC(=O)OCCc4ccc([N+](=O)[O-])cc4)nc3=O)C[C@@H]2O)(c2ccccc2)c2ccccc2)cc1. The van der Waals surface area contributed by atoms with Crippen LogP contribution >= 0.6 is 0 Å². The van der Waals surface area contributed by atoms with Crippen LogP contribution in [0.5, 0.6) is 5.75 Å². The minimum absolute atomic E-state index is 0.00622. The lowest BCUT2D eigenvalue weighted by atomic mass is 9.80. The largest absolute Gasteiger partial charge is 0.497 e. The van der Waals surface area contributed by atoms with Gasteiger partial charge in [-0.05, 0) is 40.5 Å². The summed E-state index contributed by atoms with van der Waals surface area (Å²) in [5, 5.41) is 24.3. The van der Waals surface area contributed by atoms with E-state index in [2.05, 4.69) is 10.3 Å². The molecule has 1 aliphatic rings. The molecule has 13 heteroatoms. The van der Waals surface area contributed by atoms with Crippen molar-refractivity contribution in [3.8, 4) is 5.75 Å². The monoisotopic (exact) mass is 692 g/mol. The molecule has 5 aromatic rings. The van der Waals surface area contributed by atoms with Crippen LogP contribution in [0.15, 0.2) is 126 Å². The Morgan fingerprint density at radius 3 is 2.18 bits per heavy atom. The lowest BCUT2D eigenvalue weighted by Gasteiger charge is -2.37. The summed E-state index contributed by atoms with van der Waals surface area (Å²) in [6.07, 6.45) is -1.51. The number of nitrogens with one attached hydrogen (secondary N) is 1. The Morgan fingerprint density at radius 1 is 0.961 bits per heavy atom. The number of amides is 1. The van der Waals surface area contributed by atoms with Gasteiger partial charge in [-0.15, -0.1) is 0 Å². The summed E-state index contributed by atoms with van der Waals surface area (Å²) in [6, 6.07) is 34.6. The Balaban J connectivity index is 1.13. The van der Waals surface area contributed by atoms with Crippen molar-refractivity contribution in [1.82, 2.24) is 9.55 Å². The molecule has 4 aromatic carbocycles. The van der Waals surface area contributed by atoms with Gasteiger partial charge in [0.1, 0.15) is 29.5 Å². The van der Waals surface area contributed by atoms with Crippen LogP contribution < -0.4 is 15.7 Å². The first-order chi connectivity index (χ1) is 24.8. The van der Waals surface area contributed by atoms with Gasteiger partial charge in [0, 0.05) is 31.2 Å². The van der Waals surface area contributed by atoms with E-state index in [4.69, 9.17) is 18.9 Å². The molecule has 1 fully saturated rings. The van der Waals surface area contributed by atoms with Gasteiger partial charge < -0.3 is 24.1 Å². The molecule has 262 valence electrons. The number of hydrogen-bond donors (Lipinski definition) is 2. The van der Waals surface area contributed by atoms with Crippen molar-refractivity contribution in [2.45, 2.75) is 36.9 Å². The summed E-state index contributed by atoms with van der Waals surface area (Å²) >= 11 is 0. The van der Waals surface area contributed by atoms with Gasteiger partial charge in [-0.25, -0.2) is 9.59 Å². The molecule has 0 radical (unpaired) electrons. The van der Waals surface area contributed by atoms with Gasteiger partial charge in [0.25, 0.3) is 5.69 Å². The number of aromatic nitrogens is 2. The van der Waals surface area contributed by atoms with Crippen LogP contribution in [-0.4, -0.2) is 58.2 Å². The number of nitrogens with zero attached hydrogens (tertiary/aromatic N) is 3. The Hall–Kier alpha value is -5.89. The molecular formula is C38H36N4O9. The zero-order chi connectivity index (χ0) is 35.8. The number of anilines is 1. The quantitative estimate of drug-likeness (QED) is 0.0901. The molecule has 51 heavy (non-hydrogen) atoms. The maximum Gasteiger partial charge on any atom is 0.412 e. The second kappa shape index (κ2) is 15.8. The lowest BCUT2D eigenvalue weighted by Crippen LogP contribution is -2.38. The van der Waals surface area contributed by atoms with Crippen molar-refractivity contribution >= 4 is 17.6 Å². The standard InChI is InChI=1S/C38H36N4O9/c1-48-31-18-14-29(15-19-31)38(27-8-4-2-5-9-27,28-10-6-3-7-11-28)50-25-33-32(43)24-35(51-33)41-22-20-34(39-36(41)44)40-37(45)49-23-21-26-12-16-30(17-13-26)42(46)47/h2-20,22,32-33,35,43H,21,23-25H2,1H3,(H,39,40,44,45)/t32-,33+,35+/m0/s1. The highest BCUT2D eigenvalue weighted by Crippen LogP contribution is 2.42. The fourth-order valence-corrected chi connectivity index (χ4v) is 6.05. The summed E-state index contributed by atoms with van der Waals surface area (Å²) in [5.74, 6) is 0.674. The van der Waals surface area contributed by atoms with E-state index in [1.54, 1.807) is 19.2 Å². The molecule has 1 aliphatic heterocycles. The van der Waals surface area contributed by atoms with Gasteiger partial charge >= 0.3 is 11.8 Å². The van der Waals surface area contributed by atoms with Crippen molar-refractivity contribution in [1.29, 1.82) is 0 Å². The van der Waals surface area contributed by atoms with Gasteiger partial charge in [-0.2, -0.15) is 4.98 Å². The molecule has 2 heterocycles. The zero-order valence-electron chi connectivity index (χ0n) is 27.7. The molecule has 3 atom stereocenters. The van der Waals surface area contributed by atoms with Gasteiger partial charge in [0.15, 0.2) is 0 Å². The first-order valence-electron chi connectivity index (χ1n) is 16.3. The Morgan fingerprint density at radius 2 is 1.59 bits per heavy atom. The molecule has 1 aromatic heterocycles. The number of nitro groups is 1. The number of non-ortho nitro benzene ring substituents is 1. The van der Waals surface area contributed by atoms with Crippen LogP contribution in [0.25, 0.3) is 0 Å². The number of benzene rings is 4. The van der Waals surface area contributed by atoms with Crippen LogP contribution in [-0.2, 0) is 26.2 Å². The second-order valence-corrected chi connectivity index (χ2v) is 11.8. The number of carbonyl (C=O) groups is 1. The number of hydrogen-bond acceptors (Lipinski definition) is 10.